The minimum atomic E-state index is 0.133. The number of benzene rings is 3. The molecule has 2 nitrogen and oxygen atoms in total. The first-order chi connectivity index (χ1) is 11.4. The van der Waals surface area contributed by atoms with Crippen LogP contribution in [-0.4, -0.2) is 5.71 Å². The summed E-state index contributed by atoms with van der Waals surface area (Å²) < 4.78 is 0. The van der Waals surface area contributed by atoms with E-state index in [-0.39, 0.29) is 6.04 Å². The van der Waals surface area contributed by atoms with E-state index in [9.17, 15) is 0 Å². The van der Waals surface area contributed by atoms with Crippen LogP contribution in [0.4, 0.5) is 5.69 Å². The molecule has 0 saturated heterocycles. The lowest BCUT2D eigenvalue weighted by Crippen LogP contribution is -2.26. The van der Waals surface area contributed by atoms with Crippen molar-refractivity contribution in [3.05, 3.63) is 102 Å². The van der Waals surface area contributed by atoms with E-state index in [2.05, 4.69) is 72.0 Å². The Morgan fingerprint density at radius 2 is 1.39 bits per heavy atom. The highest BCUT2D eigenvalue weighted by Gasteiger charge is 2.27. The summed E-state index contributed by atoms with van der Waals surface area (Å²) in [6.07, 6.45) is 0. The molecule has 0 radical (unpaired) electrons. The predicted molar refractivity (Wildman–Crippen MR) is 95.1 cm³/mol. The minimum Gasteiger partial charge on any atom is -0.301 e. The molecular weight excluding hydrogens is 280 g/mol. The predicted octanol–water partition coefficient (Wildman–Crippen LogP) is 4.65. The van der Waals surface area contributed by atoms with E-state index < -0.39 is 0 Å². The number of fused-ring (bicyclic) bond motifs is 1. The maximum atomic E-state index is 4.87. The van der Waals surface area contributed by atoms with Gasteiger partial charge in [-0.05, 0) is 17.2 Å². The first-order valence-corrected chi connectivity index (χ1v) is 7.92. The van der Waals surface area contributed by atoms with Crippen molar-refractivity contribution in [3.8, 4) is 0 Å². The summed E-state index contributed by atoms with van der Waals surface area (Å²) in [5, 5.41) is 3.67. The Bertz CT molecular complexity index is 823. The van der Waals surface area contributed by atoms with Gasteiger partial charge >= 0.3 is 0 Å². The highest BCUT2D eigenvalue weighted by atomic mass is 15.0. The third-order valence-electron chi connectivity index (χ3n) is 4.18. The van der Waals surface area contributed by atoms with Crippen LogP contribution in [-0.2, 0) is 6.54 Å². The molecule has 0 fully saturated rings. The first kappa shape index (κ1) is 13.9. The van der Waals surface area contributed by atoms with Crippen molar-refractivity contribution in [2.24, 2.45) is 4.99 Å². The van der Waals surface area contributed by atoms with Gasteiger partial charge in [-0.1, -0.05) is 78.9 Å². The smallest absolute Gasteiger partial charge is 0.0781 e. The maximum absolute atomic E-state index is 4.87. The average molecular weight is 298 g/mol. The summed E-state index contributed by atoms with van der Waals surface area (Å²) in [5.41, 5.74) is 5.88. The Morgan fingerprint density at radius 3 is 2.17 bits per heavy atom. The van der Waals surface area contributed by atoms with Crippen molar-refractivity contribution in [1.29, 1.82) is 0 Å². The molecule has 0 spiro atoms. The zero-order valence-electron chi connectivity index (χ0n) is 12.8. The Morgan fingerprint density at radius 1 is 0.739 bits per heavy atom. The van der Waals surface area contributed by atoms with Crippen LogP contribution in [0.2, 0.25) is 0 Å². The highest BCUT2D eigenvalue weighted by Crippen LogP contribution is 2.36. The van der Waals surface area contributed by atoms with Gasteiger partial charge in [0.05, 0.1) is 17.4 Å². The first-order valence-electron chi connectivity index (χ1n) is 7.92. The van der Waals surface area contributed by atoms with Gasteiger partial charge in [0.2, 0.25) is 0 Å². The molecule has 1 unspecified atom stereocenters. The molecule has 4 rings (SSSR count). The van der Waals surface area contributed by atoms with Gasteiger partial charge in [0.15, 0.2) is 0 Å². The van der Waals surface area contributed by atoms with Gasteiger partial charge in [0.1, 0.15) is 0 Å². The molecular formula is C21H18N2. The molecule has 0 amide bonds. The number of nitrogens with one attached hydrogen (secondary N) is 1. The van der Waals surface area contributed by atoms with Crippen LogP contribution in [0.15, 0.2) is 89.9 Å². The van der Waals surface area contributed by atoms with Gasteiger partial charge in [0.25, 0.3) is 0 Å². The van der Waals surface area contributed by atoms with Crippen LogP contribution in [0.1, 0.15) is 22.7 Å². The molecule has 3 aromatic rings. The van der Waals surface area contributed by atoms with Crippen molar-refractivity contribution in [3.63, 3.8) is 0 Å². The van der Waals surface area contributed by atoms with Crippen LogP contribution >= 0.6 is 0 Å². The summed E-state index contributed by atoms with van der Waals surface area (Å²) in [5.74, 6) is 0. The fourth-order valence-electron chi connectivity index (χ4n) is 3.04. The van der Waals surface area contributed by atoms with Crippen LogP contribution < -0.4 is 5.32 Å². The van der Waals surface area contributed by atoms with Crippen LogP contribution in [0.3, 0.4) is 0 Å². The lowest BCUT2D eigenvalue weighted by molar-refractivity contribution is 0.655. The number of nitrogens with zero attached hydrogens (tertiary/aromatic N) is 1. The average Bonchev–Trinajstić information content (AvgIpc) is 3.00. The van der Waals surface area contributed by atoms with Crippen molar-refractivity contribution in [1.82, 2.24) is 5.32 Å². The maximum Gasteiger partial charge on any atom is 0.0781 e. The number of hydrogen-bond donors (Lipinski definition) is 1. The van der Waals surface area contributed by atoms with E-state index in [0.717, 1.165) is 17.9 Å². The lowest BCUT2D eigenvalue weighted by atomic mass is 9.98. The monoisotopic (exact) mass is 298 g/mol. The molecule has 3 aromatic carbocycles. The van der Waals surface area contributed by atoms with E-state index in [4.69, 9.17) is 4.99 Å². The molecule has 112 valence electrons. The van der Waals surface area contributed by atoms with Crippen LogP contribution in [0, 0.1) is 0 Å². The van der Waals surface area contributed by atoms with Crippen molar-refractivity contribution in [2.75, 3.05) is 0 Å². The minimum absolute atomic E-state index is 0.133. The fraction of sp³-hybridized carbons (Fsp3) is 0.0952. The Kier molecular flexibility index (Phi) is 3.75. The SMILES string of the molecule is c1ccc(CNC2C(c3ccccc3)=Nc3ccccc32)cc1. The van der Waals surface area contributed by atoms with Crippen molar-refractivity contribution < 1.29 is 0 Å². The van der Waals surface area contributed by atoms with Crippen LogP contribution in [0.25, 0.3) is 0 Å². The zero-order valence-corrected chi connectivity index (χ0v) is 12.8. The van der Waals surface area contributed by atoms with E-state index >= 15 is 0 Å². The van der Waals surface area contributed by atoms with Crippen molar-refractivity contribution in [2.45, 2.75) is 12.6 Å². The fourth-order valence-corrected chi connectivity index (χ4v) is 3.04. The number of aliphatic imine (C=N–C) groups is 1. The zero-order chi connectivity index (χ0) is 15.5. The summed E-state index contributed by atoms with van der Waals surface area (Å²) in [4.78, 5) is 4.87. The largest absolute Gasteiger partial charge is 0.301 e. The normalized spacial score (nSPS) is 16.0. The van der Waals surface area contributed by atoms with E-state index in [1.165, 1.54) is 16.7 Å². The standard InChI is InChI=1S/C21H18N2/c1-3-9-16(10-4-1)15-22-21-18-13-7-8-14-19(18)23-20(21)17-11-5-2-6-12-17/h1-14,21-22H,15H2. The summed E-state index contributed by atoms with van der Waals surface area (Å²) in [6, 6.07) is 29.4. The summed E-state index contributed by atoms with van der Waals surface area (Å²) in [7, 11) is 0. The highest BCUT2D eigenvalue weighted by molar-refractivity contribution is 6.09. The van der Waals surface area contributed by atoms with Gasteiger partial charge < -0.3 is 5.32 Å². The second-order valence-electron chi connectivity index (χ2n) is 5.72. The molecule has 1 aliphatic rings. The van der Waals surface area contributed by atoms with Crippen molar-refractivity contribution >= 4 is 11.4 Å². The lowest BCUT2D eigenvalue weighted by Gasteiger charge is -2.17. The summed E-state index contributed by atoms with van der Waals surface area (Å²) in [6.45, 7) is 0.825. The number of para-hydroxylation sites is 1. The molecule has 2 heteroatoms. The van der Waals surface area contributed by atoms with Crippen LogP contribution in [0.5, 0.6) is 0 Å². The molecule has 1 aliphatic heterocycles. The van der Waals surface area contributed by atoms with Gasteiger partial charge in [0, 0.05) is 12.1 Å². The molecule has 0 aromatic heterocycles. The molecule has 0 aliphatic carbocycles. The second-order valence-corrected chi connectivity index (χ2v) is 5.72. The molecule has 1 N–H and O–H groups in total. The molecule has 1 heterocycles. The Hall–Kier alpha value is -2.71. The molecule has 0 saturated carbocycles. The van der Waals surface area contributed by atoms with Gasteiger partial charge in [-0.25, -0.2) is 0 Å². The third-order valence-corrected chi connectivity index (χ3v) is 4.18. The summed E-state index contributed by atoms with van der Waals surface area (Å²) >= 11 is 0. The van der Waals surface area contributed by atoms with E-state index in [1.54, 1.807) is 0 Å². The Balaban J connectivity index is 1.65. The third kappa shape index (κ3) is 2.81. The van der Waals surface area contributed by atoms with Gasteiger partial charge in [-0.15, -0.1) is 0 Å². The quantitative estimate of drug-likeness (QED) is 0.745. The molecule has 1 atom stereocenters. The Labute approximate surface area is 136 Å². The number of rotatable bonds is 4. The second kappa shape index (κ2) is 6.19. The molecule has 0 bridgehead atoms. The van der Waals surface area contributed by atoms with E-state index in [0.29, 0.717) is 0 Å². The van der Waals surface area contributed by atoms with Gasteiger partial charge in [-0.2, -0.15) is 0 Å². The number of hydrogen-bond acceptors (Lipinski definition) is 2. The molecule has 23 heavy (non-hydrogen) atoms. The topological polar surface area (TPSA) is 24.4 Å². The van der Waals surface area contributed by atoms with E-state index in [1.807, 2.05) is 18.2 Å². The van der Waals surface area contributed by atoms with Gasteiger partial charge in [-0.3, -0.25) is 4.99 Å².